The number of hydrogen-bond donors (Lipinski definition) is 0. The Kier molecular flexibility index (Phi) is 3.88. The summed E-state index contributed by atoms with van der Waals surface area (Å²) in [4.78, 5) is 28.4. The van der Waals surface area contributed by atoms with Gasteiger partial charge in [-0.15, -0.1) is 0 Å². The van der Waals surface area contributed by atoms with E-state index >= 15 is 0 Å². The van der Waals surface area contributed by atoms with E-state index in [4.69, 9.17) is 4.74 Å². The molecule has 0 radical (unpaired) electrons. The van der Waals surface area contributed by atoms with Crippen molar-refractivity contribution in [3.05, 3.63) is 56.5 Å². The van der Waals surface area contributed by atoms with Gasteiger partial charge in [0.25, 0.3) is 5.56 Å². The SMILES string of the molecule is O=C(Oc1cc(=O)n2c(n1)CCCC2)c1ccccc1Br. The number of carbonyl (C=O) groups is 1. The van der Waals surface area contributed by atoms with Crippen LogP contribution in [0.1, 0.15) is 29.0 Å². The number of fused-ring (bicyclic) bond motifs is 1. The van der Waals surface area contributed by atoms with Gasteiger partial charge in [-0.2, -0.15) is 4.98 Å². The fourth-order valence-electron chi connectivity index (χ4n) is 2.34. The first-order valence-corrected chi connectivity index (χ1v) is 7.52. The topological polar surface area (TPSA) is 61.2 Å². The van der Waals surface area contributed by atoms with Crippen molar-refractivity contribution in [1.82, 2.24) is 9.55 Å². The van der Waals surface area contributed by atoms with Crippen LogP contribution in [0.15, 0.2) is 39.6 Å². The number of benzene rings is 1. The Bertz CT molecular complexity index is 755. The molecule has 6 heteroatoms. The molecule has 21 heavy (non-hydrogen) atoms. The molecular formula is C15H13BrN2O3. The fraction of sp³-hybridized carbons (Fsp3) is 0.267. The van der Waals surface area contributed by atoms with E-state index in [9.17, 15) is 9.59 Å². The van der Waals surface area contributed by atoms with Crippen LogP contribution in [-0.4, -0.2) is 15.5 Å². The molecule has 108 valence electrons. The van der Waals surface area contributed by atoms with Crippen molar-refractivity contribution >= 4 is 21.9 Å². The first-order chi connectivity index (χ1) is 10.1. The molecule has 0 amide bonds. The molecule has 2 heterocycles. The van der Waals surface area contributed by atoms with Gasteiger partial charge in [0.2, 0.25) is 5.88 Å². The number of carbonyl (C=O) groups excluding carboxylic acids is 1. The summed E-state index contributed by atoms with van der Waals surface area (Å²) in [6.45, 7) is 0.680. The molecule has 1 aromatic heterocycles. The van der Waals surface area contributed by atoms with E-state index in [-0.39, 0.29) is 11.4 Å². The van der Waals surface area contributed by atoms with Crippen molar-refractivity contribution in [3.8, 4) is 5.88 Å². The third-order valence-electron chi connectivity index (χ3n) is 3.39. The number of aromatic nitrogens is 2. The lowest BCUT2D eigenvalue weighted by atomic mass is 10.1. The van der Waals surface area contributed by atoms with Crippen molar-refractivity contribution in [2.45, 2.75) is 25.8 Å². The molecule has 5 nitrogen and oxygen atoms in total. The van der Waals surface area contributed by atoms with Crippen molar-refractivity contribution < 1.29 is 9.53 Å². The van der Waals surface area contributed by atoms with Crippen LogP contribution in [0.4, 0.5) is 0 Å². The maximum atomic E-state index is 12.1. The second-order valence-corrected chi connectivity index (χ2v) is 5.68. The Morgan fingerprint density at radius 2 is 2.10 bits per heavy atom. The van der Waals surface area contributed by atoms with Crippen LogP contribution < -0.4 is 10.3 Å². The van der Waals surface area contributed by atoms with Crippen LogP contribution >= 0.6 is 15.9 Å². The van der Waals surface area contributed by atoms with E-state index in [0.29, 0.717) is 22.4 Å². The molecule has 0 saturated heterocycles. The van der Waals surface area contributed by atoms with Crippen LogP contribution in [0.25, 0.3) is 0 Å². The standard InChI is InChI=1S/C15H13BrN2O3/c16-11-6-2-1-5-10(11)15(20)21-13-9-14(19)18-8-4-3-7-12(18)17-13/h1-2,5-6,9H,3-4,7-8H2. The number of hydrogen-bond acceptors (Lipinski definition) is 4. The largest absolute Gasteiger partial charge is 0.404 e. The van der Waals surface area contributed by atoms with Crippen LogP contribution in [0.3, 0.4) is 0 Å². The smallest absolute Gasteiger partial charge is 0.346 e. The van der Waals surface area contributed by atoms with Gasteiger partial charge in [-0.3, -0.25) is 9.36 Å². The van der Waals surface area contributed by atoms with Gasteiger partial charge in [0.1, 0.15) is 5.82 Å². The van der Waals surface area contributed by atoms with Gasteiger partial charge >= 0.3 is 5.97 Å². The highest BCUT2D eigenvalue weighted by Crippen LogP contribution is 2.19. The molecule has 0 unspecified atom stereocenters. The minimum absolute atomic E-state index is 0.0638. The number of halogens is 1. The quantitative estimate of drug-likeness (QED) is 0.782. The van der Waals surface area contributed by atoms with Gasteiger partial charge in [0.05, 0.1) is 11.6 Å². The van der Waals surface area contributed by atoms with Crippen LogP contribution in [0, 0.1) is 0 Å². The monoisotopic (exact) mass is 348 g/mol. The normalized spacial score (nSPS) is 13.6. The Morgan fingerprint density at radius 3 is 2.90 bits per heavy atom. The van der Waals surface area contributed by atoms with E-state index in [1.165, 1.54) is 6.07 Å². The van der Waals surface area contributed by atoms with Gasteiger partial charge in [-0.25, -0.2) is 4.79 Å². The first-order valence-electron chi connectivity index (χ1n) is 6.72. The van der Waals surface area contributed by atoms with Crippen LogP contribution in [-0.2, 0) is 13.0 Å². The van der Waals surface area contributed by atoms with Crippen molar-refractivity contribution in [3.63, 3.8) is 0 Å². The lowest BCUT2D eigenvalue weighted by molar-refractivity contribution is 0.0725. The average molecular weight is 349 g/mol. The van der Waals surface area contributed by atoms with Crippen LogP contribution in [0.2, 0.25) is 0 Å². The third kappa shape index (κ3) is 2.90. The molecule has 0 saturated carbocycles. The zero-order chi connectivity index (χ0) is 14.8. The lowest BCUT2D eigenvalue weighted by Gasteiger charge is -2.17. The summed E-state index contributed by atoms with van der Waals surface area (Å²) in [6.07, 6.45) is 2.70. The summed E-state index contributed by atoms with van der Waals surface area (Å²) >= 11 is 3.30. The van der Waals surface area contributed by atoms with E-state index < -0.39 is 5.97 Å². The maximum Gasteiger partial charge on any atom is 0.346 e. The number of esters is 1. The van der Waals surface area contributed by atoms with Gasteiger partial charge in [0, 0.05) is 17.4 Å². The summed E-state index contributed by atoms with van der Waals surface area (Å²) < 4.78 is 7.52. The van der Waals surface area contributed by atoms with E-state index in [1.54, 1.807) is 22.8 Å². The summed E-state index contributed by atoms with van der Waals surface area (Å²) in [5, 5.41) is 0. The highest BCUT2D eigenvalue weighted by molar-refractivity contribution is 9.10. The number of rotatable bonds is 2. The Hall–Kier alpha value is -1.95. The minimum atomic E-state index is -0.532. The average Bonchev–Trinajstić information content (AvgIpc) is 2.47. The molecule has 3 rings (SSSR count). The molecule has 1 aromatic carbocycles. The Labute approximate surface area is 129 Å². The molecule has 1 aliphatic heterocycles. The van der Waals surface area contributed by atoms with Gasteiger partial charge in [-0.1, -0.05) is 12.1 Å². The molecule has 0 atom stereocenters. The van der Waals surface area contributed by atoms with Gasteiger partial charge < -0.3 is 4.74 Å². The van der Waals surface area contributed by atoms with Crippen molar-refractivity contribution in [1.29, 1.82) is 0 Å². The van der Waals surface area contributed by atoms with Crippen molar-refractivity contribution in [2.75, 3.05) is 0 Å². The fourth-order valence-corrected chi connectivity index (χ4v) is 2.79. The second kappa shape index (κ2) is 5.81. The zero-order valence-corrected chi connectivity index (χ0v) is 12.8. The molecule has 1 aliphatic rings. The summed E-state index contributed by atoms with van der Waals surface area (Å²) in [5.41, 5.74) is 0.228. The summed E-state index contributed by atoms with van der Waals surface area (Å²) in [5.74, 6) is 0.215. The third-order valence-corrected chi connectivity index (χ3v) is 4.08. The molecule has 2 aromatic rings. The van der Waals surface area contributed by atoms with Gasteiger partial charge in [-0.05, 0) is 40.9 Å². The number of nitrogens with zero attached hydrogens (tertiary/aromatic N) is 2. The predicted molar refractivity (Wildman–Crippen MR) is 80.5 cm³/mol. The van der Waals surface area contributed by atoms with E-state index in [0.717, 1.165) is 19.3 Å². The number of aryl methyl sites for hydroxylation is 1. The predicted octanol–water partition coefficient (Wildman–Crippen LogP) is 2.56. The second-order valence-electron chi connectivity index (χ2n) is 4.83. The molecule has 0 spiro atoms. The van der Waals surface area contributed by atoms with E-state index in [2.05, 4.69) is 20.9 Å². The molecule has 0 N–H and O–H groups in total. The Morgan fingerprint density at radius 1 is 1.29 bits per heavy atom. The van der Waals surface area contributed by atoms with E-state index in [1.807, 2.05) is 6.07 Å². The highest BCUT2D eigenvalue weighted by atomic mass is 79.9. The summed E-state index contributed by atoms with van der Waals surface area (Å²) in [6, 6.07) is 8.23. The first kappa shape index (κ1) is 14.0. The molecule has 0 fully saturated rings. The van der Waals surface area contributed by atoms with Crippen LogP contribution in [0.5, 0.6) is 5.88 Å². The Balaban J connectivity index is 1.89. The molecule has 0 aliphatic carbocycles. The lowest BCUT2D eigenvalue weighted by Crippen LogP contribution is -2.28. The summed E-state index contributed by atoms with van der Waals surface area (Å²) in [7, 11) is 0. The maximum absolute atomic E-state index is 12.1. The van der Waals surface area contributed by atoms with Crippen molar-refractivity contribution in [2.24, 2.45) is 0 Å². The minimum Gasteiger partial charge on any atom is -0.404 e. The highest BCUT2D eigenvalue weighted by Gasteiger charge is 2.17. The molecular weight excluding hydrogens is 336 g/mol. The number of ether oxygens (including phenoxy) is 1. The molecule has 0 bridgehead atoms. The zero-order valence-electron chi connectivity index (χ0n) is 11.2. The van der Waals surface area contributed by atoms with Gasteiger partial charge in [0.15, 0.2) is 0 Å².